The Balaban J connectivity index is 2.54. The Morgan fingerprint density at radius 2 is 2.14 bits per heavy atom. The molecule has 1 heterocycles. The van der Waals surface area contributed by atoms with E-state index in [0.717, 1.165) is 15.3 Å². The van der Waals surface area contributed by atoms with E-state index < -0.39 is 0 Å². The zero-order valence-corrected chi connectivity index (χ0v) is 9.79. The minimum absolute atomic E-state index is 0.775. The van der Waals surface area contributed by atoms with Crippen molar-refractivity contribution in [2.75, 3.05) is 6.26 Å². The van der Waals surface area contributed by atoms with Crippen LogP contribution in [-0.4, -0.2) is 26.5 Å². The Kier molecular flexibility index (Phi) is 2.83. The van der Waals surface area contributed by atoms with Crippen LogP contribution < -0.4 is 0 Å². The topological polar surface area (TPSA) is 43.6 Å². The second-order valence-electron chi connectivity index (χ2n) is 2.53. The zero-order valence-electron chi connectivity index (χ0n) is 7.38. The van der Waals surface area contributed by atoms with Gasteiger partial charge in [-0.25, -0.2) is 0 Å². The second kappa shape index (κ2) is 4.10. The summed E-state index contributed by atoms with van der Waals surface area (Å²) in [5.41, 5.74) is 0.946. The Morgan fingerprint density at radius 1 is 1.36 bits per heavy atom. The summed E-state index contributed by atoms with van der Waals surface area (Å²) in [5.74, 6) is 0. The lowest BCUT2D eigenvalue weighted by Gasteiger charge is -2.03. The fourth-order valence-electron chi connectivity index (χ4n) is 1.08. The molecule has 0 N–H and O–H groups in total. The van der Waals surface area contributed by atoms with Crippen molar-refractivity contribution in [1.29, 1.82) is 0 Å². The van der Waals surface area contributed by atoms with E-state index in [1.54, 1.807) is 4.68 Å². The van der Waals surface area contributed by atoms with Gasteiger partial charge in [-0.05, 0) is 44.7 Å². The van der Waals surface area contributed by atoms with Crippen LogP contribution in [0.15, 0.2) is 33.9 Å². The van der Waals surface area contributed by atoms with Crippen molar-refractivity contribution in [3.8, 4) is 5.69 Å². The normalized spacial score (nSPS) is 10.4. The molecule has 0 unspecified atom stereocenters. The standard InChI is InChI=1S/C8H7BrN4S/c1-14-8-10-11-12-13(8)7-5-3-2-4-6(7)9/h2-5H,1H3. The van der Waals surface area contributed by atoms with Crippen molar-refractivity contribution >= 4 is 27.7 Å². The first kappa shape index (κ1) is 9.67. The van der Waals surface area contributed by atoms with E-state index in [1.807, 2.05) is 30.5 Å². The third kappa shape index (κ3) is 1.67. The molecule has 2 rings (SSSR count). The number of thioether (sulfide) groups is 1. The lowest BCUT2D eigenvalue weighted by molar-refractivity contribution is 0.754. The highest BCUT2D eigenvalue weighted by Gasteiger charge is 2.08. The van der Waals surface area contributed by atoms with Gasteiger partial charge in [0.05, 0.1) is 5.69 Å². The molecule has 6 heteroatoms. The summed E-state index contributed by atoms with van der Waals surface area (Å²) in [7, 11) is 0. The number of nitrogens with zero attached hydrogens (tertiary/aromatic N) is 4. The molecule has 14 heavy (non-hydrogen) atoms. The molecule has 0 aliphatic carbocycles. The van der Waals surface area contributed by atoms with Crippen molar-refractivity contribution in [3.05, 3.63) is 28.7 Å². The zero-order chi connectivity index (χ0) is 9.97. The van der Waals surface area contributed by atoms with Crippen LogP contribution in [0.5, 0.6) is 0 Å². The Morgan fingerprint density at radius 3 is 2.86 bits per heavy atom. The lowest BCUT2D eigenvalue weighted by atomic mass is 10.3. The van der Waals surface area contributed by atoms with E-state index >= 15 is 0 Å². The van der Waals surface area contributed by atoms with Crippen LogP contribution in [-0.2, 0) is 0 Å². The van der Waals surface area contributed by atoms with Gasteiger partial charge in [0, 0.05) is 4.47 Å². The summed E-state index contributed by atoms with van der Waals surface area (Å²) >= 11 is 4.97. The SMILES string of the molecule is CSc1nnnn1-c1ccccc1Br. The van der Waals surface area contributed by atoms with Crippen LogP contribution in [0, 0.1) is 0 Å². The minimum atomic E-state index is 0.775. The molecular formula is C8H7BrN4S. The molecule has 0 spiro atoms. The largest absolute Gasteiger partial charge is 0.213 e. The number of para-hydroxylation sites is 1. The van der Waals surface area contributed by atoms with Gasteiger partial charge in [-0.2, -0.15) is 4.68 Å². The summed E-state index contributed by atoms with van der Waals surface area (Å²) < 4.78 is 2.68. The lowest BCUT2D eigenvalue weighted by Crippen LogP contribution is -1.99. The second-order valence-corrected chi connectivity index (χ2v) is 4.16. The number of hydrogen-bond donors (Lipinski definition) is 0. The van der Waals surface area contributed by atoms with Crippen LogP contribution in [0.1, 0.15) is 0 Å². The van der Waals surface area contributed by atoms with Crippen LogP contribution in [0.2, 0.25) is 0 Å². The number of rotatable bonds is 2. The maximum Gasteiger partial charge on any atom is 0.213 e. The number of aromatic nitrogens is 4. The molecule has 0 aliphatic rings. The van der Waals surface area contributed by atoms with E-state index in [4.69, 9.17) is 0 Å². The van der Waals surface area contributed by atoms with Crippen LogP contribution >= 0.6 is 27.7 Å². The van der Waals surface area contributed by atoms with Crippen LogP contribution in [0.4, 0.5) is 0 Å². The quantitative estimate of drug-likeness (QED) is 0.785. The Hall–Kier alpha value is -0.880. The maximum atomic E-state index is 3.92. The van der Waals surface area contributed by atoms with Gasteiger partial charge in [0.1, 0.15) is 0 Å². The third-order valence-electron chi connectivity index (χ3n) is 1.70. The third-order valence-corrected chi connectivity index (χ3v) is 2.99. The molecule has 0 fully saturated rings. The fourth-order valence-corrected chi connectivity index (χ4v) is 1.96. The van der Waals surface area contributed by atoms with Gasteiger partial charge < -0.3 is 0 Å². The van der Waals surface area contributed by atoms with Crippen molar-refractivity contribution in [2.24, 2.45) is 0 Å². The number of halogens is 1. The first-order valence-corrected chi connectivity index (χ1v) is 5.92. The molecule has 0 atom stereocenters. The minimum Gasteiger partial charge on any atom is -0.186 e. The molecule has 4 nitrogen and oxygen atoms in total. The first-order chi connectivity index (χ1) is 6.83. The van der Waals surface area contributed by atoms with E-state index in [9.17, 15) is 0 Å². The fraction of sp³-hybridized carbons (Fsp3) is 0.125. The highest BCUT2D eigenvalue weighted by Crippen LogP contribution is 2.22. The van der Waals surface area contributed by atoms with Gasteiger partial charge in [-0.3, -0.25) is 0 Å². The van der Waals surface area contributed by atoms with Gasteiger partial charge in [0.25, 0.3) is 0 Å². The summed E-state index contributed by atoms with van der Waals surface area (Å²) in [6.07, 6.45) is 1.94. The van der Waals surface area contributed by atoms with E-state index in [1.165, 1.54) is 11.8 Å². The molecule has 1 aromatic carbocycles. The van der Waals surface area contributed by atoms with Gasteiger partial charge in [-0.15, -0.1) is 5.10 Å². The summed E-state index contributed by atoms with van der Waals surface area (Å²) in [6.45, 7) is 0. The van der Waals surface area contributed by atoms with E-state index in [-0.39, 0.29) is 0 Å². The molecule has 2 aromatic rings. The molecule has 0 bridgehead atoms. The average molecular weight is 271 g/mol. The Bertz CT molecular complexity index is 442. The first-order valence-electron chi connectivity index (χ1n) is 3.90. The van der Waals surface area contributed by atoms with Gasteiger partial charge in [0.15, 0.2) is 0 Å². The monoisotopic (exact) mass is 270 g/mol. The van der Waals surface area contributed by atoms with Crippen molar-refractivity contribution < 1.29 is 0 Å². The summed E-state index contributed by atoms with van der Waals surface area (Å²) in [5, 5.41) is 12.2. The molecule has 0 saturated heterocycles. The summed E-state index contributed by atoms with van der Waals surface area (Å²) in [6, 6.07) is 7.82. The van der Waals surface area contributed by atoms with Crippen molar-refractivity contribution in [2.45, 2.75) is 5.16 Å². The maximum absolute atomic E-state index is 3.92. The van der Waals surface area contributed by atoms with Crippen LogP contribution in [0.25, 0.3) is 5.69 Å². The van der Waals surface area contributed by atoms with Gasteiger partial charge >= 0.3 is 0 Å². The number of hydrogen-bond acceptors (Lipinski definition) is 4. The highest BCUT2D eigenvalue weighted by atomic mass is 79.9. The molecule has 0 aliphatic heterocycles. The molecular weight excluding hydrogens is 264 g/mol. The predicted molar refractivity (Wildman–Crippen MR) is 58.6 cm³/mol. The smallest absolute Gasteiger partial charge is 0.186 e. The molecule has 72 valence electrons. The van der Waals surface area contributed by atoms with E-state index in [0.29, 0.717) is 0 Å². The van der Waals surface area contributed by atoms with Crippen LogP contribution in [0.3, 0.4) is 0 Å². The molecule has 0 saturated carbocycles. The van der Waals surface area contributed by atoms with E-state index in [2.05, 4.69) is 31.5 Å². The predicted octanol–water partition coefficient (Wildman–Crippen LogP) is 2.15. The Labute approximate surface area is 93.8 Å². The molecule has 0 amide bonds. The summed E-state index contributed by atoms with van der Waals surface area (Å²) in [4.78, 5) is 0. The number of tetrazole rings is 1. The van der Waals surface area contributed by atoms with Crippen molar-refractivity contribution in [3.63, 3.8) is 0 Å². The highest BCUT2D eigenvalue weighted by molar-refractivity contribution is 9.10. The number of benzene rings is 1. The average Bonchev–Trinajstić information content (AvgIpc) is 2.66. The van der Waals surface area contributed by atoms with Gasteiger partial charge in [0.2, 0.25) is 5.16 Å². The van der Waals surface area contributed by atoms with Gasteiger partial charge in [-0.1, -0.05) is 23.9 Å². The molecule has 1 aromatic heterocycles. The van der Waals surface area contributed by atoms with Crippen molar-refractivity contribution in [1.82, 2.24) is 20.2 Å². The molecule has 0 radical (unpaired) electrons.